The molecule has 0 aliphatic carbocycles. The molecule has 2 aromatic rings. The zero-order chi connectivity index (χ0) is 16.5. The molecule has 0 bridgehead atoms. The predicted octanol–water partition coefficient (Wildman–Crippen LogP) is 3.90. The van der Waals surface area contributed by atoms with Gasteiger partial charge in [-0.25, -0.2) is 4.79 Å². The number of nitrogens with zero attached hydrogens (tertiary/aromatic N) is 1. The van der Waals surface area contributed by atoms with E-state index in [1.807, 2.05) is 42.5 Å². The summed E-state index contributed by atoms with van der Waals surface area (Å²) < 4.78 is 0. The van der Waals surface area contributed by atoms with Crippen LogP contribution in [0.15, 0.2) is 54.6 Å². The third-order valence-corrected chi connectivity index (χ3v) is 3.77. The average molecular weight is 311 g/mol. The summed E-state index contributed by atoms with van der Waals surface area (Å²) >= 11 is 0. The van der Waals surface area contributed by atoms with Crippen LogP contribution in [0.1, 0.15) is 18.9 Å². The fourth-order valence-electron chi connectivity index (χ4n) is 2.33. The Morgan fingerprint density at radius 1 is 1.04 bits per heavy atom. The first-order chi connectivity index (χ1) is 11.2. The van der Waals surface area contributed by atoms with E-state index >= 15 is 0 Å². The predicted molar refractivity (Wildman–Crippen MR) is 97.2 cm³/mol. The number of anilines is 2. The van der Waals surface area contributed by atoms with E-state index in [1.165, 1.54) is 11.3 Å². The van der Waals surface area contributed by atoms with E-state index in [4.69, 9.17) is 0 Å². The maximum Gasteiger partial charge on any atom is 0.319 e. The van der Waals surface area contributed by atoms with Gasteiger partial charge in [-0.05, 0) is 42.7 Å². The third kappa shape index (κ3) is 5.66. The lowest BCUT2D eigenvalue weighted by molar-refractivity contribution is 0.252. The highest BCUT2D eigenvalue weighted by Gasteiger charge is 2.02. The van der Waals surface area contributed by atoms with Crippen molar-refractivity contribution in [2.75, 3.05) is 30.4 Å². The first kappa shape index (κ1) is 16.9. The quantitative estimate of drug-likeness (QED) is 0.762. The molecule has 0 spiro atoms. The topological polar surface area (TPSA) is 44.4 Å². The molecule has 2 rings (SSSR count). The highest BCUT2D eigenvalue weighted by Crippen LogP contribution is 2.11. The fraction of sp³-hybridized carbons (Fsp3) is 0.316. The van der Waals surface area contributed by atoms with Crippen molar-refractivity contribution in [1.29, 1.82) is 0 Å². The zero-order valence-corrected chi connectivity index (χ0v) is 13.9. The molecular weight excluding hydrogens is 286 g/mol. The van der Waals surface area contributed by atoms with E-state index in [1.54, 1.807) is 0 Å². The lowest BCUT2D eigenvalue weighted by Crippen LogP contribution is -2.31. The van der Waals surface area contributed by atoms with Crippen LogP contribution in [0.25, 0.3) is 0 Å². The molecule has 0 unspecified atom stereocenters. The second kappa shape index (κ2) is 8.83. The fourth-order valence-corrected chi connectivity index (χ4v) is 2.33. The number of amides is 2. The van der Waals surface area contributed by atoms with Gasteiger partial charge < -0.3 is 15.5 Å². The average Bonchev–Trinajstić information content (AvgIpc) is 2.60. The Hall–Kier alpha value is -2.49. The molecule has 0 saturated heterocycles. The van der Waals surface area contributed by atoms with E-state index < -0.39 is 0 Å². The molecule has 0 aromatic heterocycles. The number of benzene rings is 2. The minimum Gasteiger partial charge on any atom is -0.375 e. The molecule has 2 N–H and O–H groups in total. The Morgan fingerprint density at radius 2 is 1.74 bits per heavy atom. The van der Waals surface area contributed by atoms with E-state index in [-0.39, 0.29) is 6.03 Å². The molecule has 23 heavy (non-hydrogen) atoms. The van der Waals surface area contributed by atoms with Crippen molar-refractivity contribution in [2.24, 2.45) is 0 Å². The van der Waals surface area contributed by atoms with Gasteiger partial charge >= 0.3 is 6.03 Å². The Kier molecular flexibility index (Phi) is 6.48. The maximum absolute atomic E-state index is 11.8. The van der Waals surface area contributed by atoms with Gasteiger partial charge in [0.2, 0.25) is 0 Å². The van der Waals surface area contributed by atoms with Crippen molar-refractivity contribution in [2.45, 2.75) is 19.8 Å². The first-order valence-electron chi connectivity index (χ1n) is 8.09. The number of aryl methyl sites for hydroxylation is 1. The molecule has 0 radical (unpaired) electrons. The van der Waals surface area contributed by atoms with Crippen LogP contribution < -0.4 is 15.5 Å². The van der Waals surface area contributed by atoms with Crippen molar-refractivity contribution >= 4 is 17.4 Å². The summed E-state index contributed by atoms with van der Waals surface area (Å²) in [7, 11) is 2.06. The van der Waals surface area contributed by atoms with Gasteiger partial charge in [0.25, 0.3) is 0 Å². The Balaban J connectivity index is 1.66. The number of para-hydroxylation sites is 1. The van der Waals surface area contributed by atoms with Crippen LogP contribution in [-0.4, -0.2) is 26.2 Å². The SMILES string of the molecule is CCc1ccc(NC(=O)NCCCN(C)c2ccccc2)cc1. The summed E-state index contributed by atoms with van der Waals surface area (Å²) in [5, 5.41) is 5.74. The molecule has 0 aliphatic heterocycles. The number of carbonyl (C=O) groups excluding carboxylic acids is 1. The van der Waals surface area contributed by atoms with Crippen molar-refractivity contribution in [3.05, 3.63) is 60.2 Å². The van der Waals surface area contributed by atoms with Gasteiger partial charge in [-0.15, -0.1) is 0 Å². The van der Waals surface area contributed by atoms with Crippen molar-refractivity contribution in [1.82, 2.24) is 5.32 Å². The first-order valence-corrected chi connectivity index (χ1v) is 8.09. The largest absolute Gasteiger partial charge is 0.375 e. The van der Waals surface area contributed by atoms with Crippen LogP contribution in [0.4, 0.5) is 16.2 Å². The van der Waals surface area contributed by atoms with Crippen LogP contribution >= 0.6 is 0 Å². The highest BCUT2D eigenvalue weighted by atomic mass is 16.2. The van der Waals surface area contributed by atoms with Gasteiger partial charge in [0.15, 0.2) is 0 Å². The number of urea groups is 1. The summed E-state index contributed by atoms with van der Waals surface area (Å²) in [6.07, 6.45) is 1.90. The van der Waals surface area contributed by atoms with Gasteiger partial charge in [0.1, 0.15) is 0 Å². The normalized spacial score (nSPS) is 10.2. The molecular formula is C19H25N3O. The molecule has 4 heteroatoms. The van der Waals surface area contributed by atoms with Crippen molar-refractivity contribution in [3.8, 4) is 0 Å². The molecule has 2 aromatic carbocycles. The Morgan fingerprint density at radius 3 is 2.39 bits per heavy atom. The standard InChI is InChI=1S/C19H25N3O/c1-3-16-10-12-17(13-11-16)21-19(23)20-14-7-15-22(2)18-8-5-4-6-9-18/h4-6,8-13H,3,7,14-15H2,1-2H3,(H2,20,21,23). The van der Waals surface area contributed by atoms with Crippen LogP contribution in [0.3, 0.4) is 0 Å². The summed E-state index contributed by atoms with van der Waals surface area (Å²) in [4.78, 5) is 14.0. The van der Waals surface area contributed by atoms with Gasteiger partial charge in [-0.1, -0.05) is 37.3 Å². The summed E-state index contributed by atoms with van der Waals surface area (Å²) in [5.41, 5.74) is 3.27. The summed E-state index contributed by atoms with van der Waals surface area (Å²) in [6.45, 7) is 3.66. The van der Waals surface area contributed by atoms with Crippen molar-refractivity contribution < 1.29 is 4.79 Å². The molecule has 0 aliphatic rings. The van der Waals surface area contributed by atoms with Gasteiger partial charge in [0, 0.05) is 31.5 Å². The Bertz CT molecular complexity index is 596. The molecule has 122 valence electrons. The van der Waals surface area contributed by atoms with Crippen molar-refractivity contribution in [3.63, 3.8) is 0 Å². The van der Waals surface area contributed by atoms with Crippen LogP contribution in [-0.2, 0) is 6.42 Å². The minimum atomic E-state index is -0.156. The number of hydrogen-bond acceptors (Lipinski definition) is 2. The van der Waals surface area contributed by atoms with Gasteiger partial charge in [0.05, 0.1) is 0 Å². The second-order valence-electron chi connectivity index (χ2n) is 5.54. The number of hydrogen-bond donors (Lipinski definition) is 2. The van der Waals surface area contributed by atoms with E-state index in [2.05, 4.69) is 41.6 Å². The second-order valence-corrected chi connectivity index (χ2v) is 5.54. The molecule has 0 heterocycles. The molecule has 4 nitrogen and oxygen atoms in total. The van der Waals surface area contributed by atoms with Crippen LogP contribution in [0.2, 0.25) is 0 Å². The summed E-state index contributed by atoms with van der Waals surface area (Å²) in [6, 6.07) is 18.0. The van der Waals surface area contributed by atoms with Crippen LogP contribution in [0.5, 0.6) is 0 Å². The minimum absolute atomic E-state index is 0.156. The molecule has 0 saturated carbocycles. The van der Waals surface area contributed by atoms with E-state index in [9.17, 15) is 4.79 Å². The van der Waals surface area contributed by atoms with Gasteiger partial charge in [-0.3, -0.25) is 0 Å². The number of rotatable bonds is 7. The monoisotopic (exact) mass is 311 g/mol. The zero-order valence-electron chi connectivity index (χ0n) is 13.9. The molecule has 0 fully saturated rings. The smallest absolute Gasteiger partial charge is 0.319 e. The van der Waals surface area contributed by atoms with Crippen LogP contribution in [0, 0.1) is 0 Å². The van der Waals surface area contributed by atoms with E-state index in [0.717, 1.165) is 25.1 Å². The maximum atomic E-state index is 11.8. The van der Waals surface area contributed by atoms with E-state index in [0.29, 0.717) is 6.54 Å². The Labute approximate surface area is 138 Å². The number of carbonyl (C=O) groups is 1. The summed E-state index contributed by atoms with van der Waals surface area (Å²) in [5.74, 6) is 0. The highest BCUT2D eigenvalue weighted by molar-refractivity contribution is 5.89. The molecule has 0 atom stereocenters. The lowest BCUT2D eigenvalue weighted by atomic mass is 10.1. The lowest BCUT2D eigenvalue weighted by Gasteiger charge is -2.19. The number of nitrogens with one attached hydrogen (secondary N) is 2. The third-order valence-electron chi connectivity index (χ3n) is 3.77. The molecule has 2 amide bonds. The van der Waals surface area contributed by atoms with Gasteiger partial charge in [-0.2, -0.15) is 0 Å².